The highest BCUT2D eigenvalue weighted by molar-refractivity contribution is 7.87. The van der Waals surface area contributed by atoms with Crippen LogP contribution in [0.5, 0.6) is 0 Å². The Morgan fingerprint density at radius 1 is 0.477 bits per heavy atom. The average Bonchev–Trinajstić information content (AvgIpc) is 3.03. The zero-order valence-electron chi connectivity index (χ0n) is 21.8. The number of aromatic nitrogens is 2. The van der Waals surface area contributed by atoms with Crippen molar-refractivity contribution in [2.45, 2.75) is 9.79 Å². The molecular weight excluding hydrogens is 616 g/mol. The highest BCUT2D eigenvalue weighted by atomic mass is 32.2. The van der Waals surface area contributed by atoms with Gasteiger partial charge in [-0.1, -0.05) is 0 Å². The van der Waals surface area contributed by atoms with Gasteiger partial charge >= 0.3 is 20.2 Å². The topological polar surface area (TPSA) is 239 Å². The first-order valence-electron chi connectivity index (χ1n) is 12.5. The molecule has 0 fully saturated rings. The molecule has 0 aliphatic heterocycles. The van der Waals surface area contributed by atoms with E-state index in [2.05, 4.69) is 18.5 Å². The molecule has 7 rings (SSSR count). The number of rotatable bonds is 4. The number of fused-ring (bicyclic) bond motifs is 8. The average molecular weight is 633 g/mol. The molecule has 0 saturated carbocycles. The van der Waals surface area contributed by atoms with Crippen molar-refractivity contribution in [2.24, 2.45) is 11.8 Å². The fourth-order valence-electron chi connectivity index (χ4n) is 5.59. The SMILES string of the molecule is NOS(=O)(=O)c1ccc2c(=O)c3ccc4[nH]c5c(ccc6c(=O)c7ccc(S(=O)(=O)ON)cc7c(=O)c65)[nH]c4c3c(=O)c2c1. The molecule has 14 nitrogen and oxygen atoms in total. The zero-order valence-corrected chi connectivity index (χ0v) is 23.5. The van der Waals surface area contributed by atoms with Crippen molar-refractivity contribution in [1.82, 2.24) is 9.97 Å². The first-order valence-corrected chi connectivity index (χ1v) is 15.3. The van der Waals surface area contributed by atoms with Gasteiger partial charge in [-0.25, -0.2) is 0 Å². The molecule has 44 heavy (non-hydrogen) atoms. The van der Waals surface area contributed by atoms with Crippen LogP contribution in [0.1, 0.15) is 0 Å². The maximum Gasteiger partial charge on any atom is 0.312 e. The standard InChI is InChI=1S/C28H16N4O10S2/c29-41-43(37,38)11-1-3-13-17(9-11)27(35)21-15(25(13)33)5-7-19-23(21)31-20-8-6-16-22(24(20)32-19)28(36)18-10-12(44(39,40)42-30)2-4-14(18)26(16)34/h1-10,31-32H,29-30H2. The lowest BCUT2D eigenvalue weighted by Crippen LogP contribution is -2.17. The summed E-state index contributed by atoms with van der Waals surface area (Å²) in [6, 6.07) is 12.5. The predicted molar refractivity (Wildman–Crippen MR) is 161 cm³/mol. The van der Waals surface area contributed by atoms with Gasteiger partial charge in [0, 0.05) is 32.3 Å². The number of H-pyrrole nitrogens is 2. The lowest BCUT2D eigenvalue weighted by Gasteiger charge is -2.11. The van der Waals surface area contributed by atoms with Gasteiger partial charge in [-0.05, 0) is 60.7 Å². The predicted octanol–water partition coefficient (Wildman–Crippen LogP) is 1.30. The number of hydrogen-bond donors (Lipinski definition) is 4. The Hall–Kier alpha value is -5.10. The van der Waals surface area contributed by atoms with Crippen LogP contribution in [-0.2, 0) is 28.8 Å². The minimum atomic E-state index is -4.38. The molecule has 220 valence electrons. The van der Waals surface area contributed by atoms with Crippen molar-refractivity contribution in [3.8, 4) is 0 Å². The summed E-state index contributed by atoms with van der Waals surface area (Å²) in [4.78, 5) is 59.5. The molecule has 0 aliphatic rings. The van der Waals surface area contributed by atoms with Gasteiger partial charge in [-0.3, -0.25) is 19.2 Å². The smallest absolute Gasteiger partial charge is 0.312 e. The van der Waals surface area contributed by atoms with Crippen LogP contribution in [0.2, 0.25) is 0 Å². The Morgan fingerprint density at radius 3 is 1.20 bits per heavy atom. The maximum atomic E-state index is 13.8. The molecule has 0 amide bonds. The van der Waals surface area contributed by atoms with Gasteiger partial charge in [0.25, 0.3) is 0 Å². The summed E-state index contributed by atoms with van der Waals surface area (Å²) in [6.07, 6.45) is 0. The van der Waals surface area contributed by atoms with Crippen LogP contribution in [0.15, 0.2) is 89.6 Å². The third kappa shape index (κ3) is 3.73. The molecule has 6 aromatic carbocycles. The minimum absolute atomic E-state index is 0.0131. The van der Waals surface area contributed by atoms with Crippen molar-refractivity contribution in [3.05, 3.63) is 102 Å². The van der Waals surface area contributed by atoms with E-state index in [0.717, 1.165) is 24.3 Å². The minimum Gasteiger partial charge on any atom is -0.351 e. The Balaban J connectivity index is 1.61. The Bertz CT molecular complexity index is 2720. The van der Waals surface area contributed by atoms with Gasteiger partial charge in [0.1, 0.15) is 0 Å². The summed E-state index contributed by atoms with van der Waals surface area (Å²) < 4.78 is 56.7. The second-order valence-electron chi connectivity index (χ2n) is 9.90. The maximum absolute atomic E-state index is 13.8. The van der Waals surface area contributed by atoms with Gasteiger partial charge in [0.2, 0.25) is 0 Å². The van der Waals surface area contributed by atoms with Crippen molar-refractivity contribution < 1.29 is 25.4 Å². The van der Waals surface area contributed by atoms with E-state index >= 15 is 0 Å². The monoisotopic (exact) mass is 632 g/mol. The molecule has 0 atom stereocenters. The summed E-state index contributed by atoms with van der Waals surface area (Å²) in [5.74, 6) is 9.75. The van der Waals surface area contributed by atoms with E-state index in [1.807, 2.05) is 0 Å². The van der Waals surface area contributed by atoms with Crippen LogP contribution in [0.25, 0.3) is 65.2 Å². The van der Waals surface area contributed by atoms with E-state index in [1.54, 1.807) is 0 Å². The molecule has 0 radical (unpaired) electrons. The molecule has 7 aromatic rings. The van der Waals surface area contributed by atoms with E-state index < -0.39 is 51.7 Å². The van der Waals surface area contributed by atoms with E-state index in [4.69, 9.17) is 11.8 Å². The summed E-state index contributed by atoms with van der Waals surface area (Å²) in [7, 11) is -8.76. The van der Waals surface area contributed by atoms with Crippen molar-refractivity contribution in [3.63, 3.8) is 0 Å². The zero-order chi connectivity index (χ0) is 31.3. The molecule has 0 saturated heterocycles. The highest BCUT2D eigenvalue weighted by Gasteiger charge is 2.22. The van der Waals surface area contributed by atoms with Crippen LogP contribution in [0.3, 0.4) is 0 Å². The number of nitrogens with two attached hydrogens (primary N) is 2. The fraction of sp³-hybridized carbons (Fsp3) is 0. The van der Waals surface area contributed by atoms with Gasteiger partial charge < -0.3 is 9.97 Å². The molecule has 1 aromatic heterocycles. The van der Waals surface area contributed by atoms with Crippen molar-refractivity contribution in [1.29, 1.82) is 0 Å². The largest absolute Gasteiger partial charge is 0.351 e. The third-order valence-electron chi connectivity index (χ3n) is 7.66. The third-order valence-corrected chi connectivity index (χ3v) is 9.83. The van der Waals surface area contributed by atoms with Gasteiger partial charge in [0.15, 0.2) is 21.7 Å². The first-order chi connectivity index (χ1) is 20.9. The van der Waals surface area contributed by atoms with Crippen LogP contribution in [-0.4, -0.2) is 26.8 Å². The summed E-state index contributed by atoms with van der Waals surface area (Å²) in [6.45, 7) is 0. The van der Waals surface area contributed by atoms with Crippen LogP contribution in [0, 0.1) is 0 Å². The second kappa shape index (κ2) is 9.20. The molecule has 1 heterocycles. The van der Waals surface area contributed by atoms with Gasteiger partial charge in [-0.15, -0.1) is 0 Å². The Kier molecular flexibility index (Phi) is 5.79. The van der Waals surface area contributed by atoms with Crippen molar-refractivity contribution >= 4 is 85.4 Å². The van der Waals surface area contributed by atoms with Crippen LogP contribution >= 0.6 is 0 Å². The number of nitrogens with one attached hydrogen (secondary N) is 2. The Labute approximate surface area is 243 Å². The fourth-order valence-corrected chi connectivity index (χ4v) is 6.81. The lowest BCUT2D eigenvalue weighted by atomic mass is 9.99. The molecule has 0 spiro atoms. The lowest BCUT2D eigenvalue weighted by molar-refractivity contribution is 0.332. The molecular formula is C28H16N4O10S2. The summed E-state index contributed by atoms with van der Waals surface area (Å²) in [5, 5.41) is -0.390. The van der Waals surface area contributed by atoms with Gasteiger partial charge in [0.05, 0.1) is 42.6 Å². The molecule has 0 bridgehead atoms. The van der Waals surface area contributed by atoms with E-state index in [1.165, 1.54) is 36.4 Å². The van der Waals surface area contributed by atoms with E-state index in [-0.39, 0.29) is 65.2 Å². The molecule has 6 N–H and O–H groups in total. The van der Waals surface area contributed by atoms with Crippen LogP contribution in [0.4, 0.5) is 0 Å². The van der Waals surface area contributed by atoms with Crippen LogP contribution < -0.4 is 33.5 Å². The molecule has 0 aliphatic carbocycles. The number of benzene rings is 6. The highest BCUT2D eigenvalue weighted by Crippen LogP contribution is 2.28. The van der Waals surface area contributed by atoms with Gasteiger partial charge in [-0.2, -0.15) is 37.2 Å². The molecule has 16 heteroatoms. The quantitative estimate of drug-likeness (QED) is 0.122. The van der Waals surface area contributed by atoms with Crippen molar-refractivity contribution in [2.75, 3.05) is 0 Å². The summed E-state index contributed by atoms with van der Waals surface area (Å²) in [5.41, 5.74) is -1.50. The number of aromatic amines is 2. The van der Waals surface area contributed by atoms with E-state index in [9.17, 15) is 36.0 Å². The van der Waals surface area contributed by atoms with E-state index in [0.29, 0.717) is 0 Å². The summed E-state index contributed by atoms with van der Waals surface area (Å²) >= 11 is 0. The second-order valence-corrected chi connectivity index (χ2v) is 13.0. The Morgan fingerprint density at radius 2 is 0.841 bits per heavy atom. The first kappa shape index (κ1) is 27.7. The number of hydrogen-bond acceptors (Lipinski definition) is 12. The molecule has 0 unspecified atom stereocenters. The normalized spacial score (nSPS) is 12.8.